The Kier molecular flexibility index (Phi) is 6.93. The zero-order chi connectivity index (χ0) is 19.4. The average Bonchev–Trinajstić information content (AvgIpc) is 2.81. The maximum Gasteiger partial charge on any atom is 0.119 e. The number of rotatable bonds is 6. The second kappa shape index (κ2) is 9.02. The number of hydrogen-bond donors (Lipinski definition) is 1. The van der Waals surface area contributed by atoms with Crippen LogP contribution in [0.2, 0.25) is 0 Å². The Bertz CT molecular complexity index is 779. The van der Waals surface area contributed by atoms with E-state index >= 15 is 0 Å². The number of ether oxygens (including phenoxy) is 1. The fourth-order valence-electron chi connectivity index (χ4n) is 4.16. The number of aliphatic hydroxyl groups excluding tert-OH is 1. The maximum absolute atomic E-state index is 11.8. The molecule has 0 saturated carbocycles. The van der Waals surface area contributed by atoms with Gasteiger partial charge < -0.3 is 9.84 Å². The third-order valence-corrected chi connectivity index (χ3v) is 7.85. The Hall–Kier alpha value is -0.970. The van der Waals surface area contributed by atoms with Crippen molar-refractivity contribution in [1.82, 2.24) is 0 Å². The van der Waals surface area contributed by atoms with Crippen LogP contribution < -0.4 is 4.74 Å². The highest BCUT2D eigenvalue weighted by molar-refractivity contribution is 9.10. The van der Waals surface area contributed by atoms with Crippen LogP contribution in [0.1, 0.15) is 56.6 Å². The molecule has 3 atom stereocenters. The van der Waals surface area contributed by atoms with Crippen LogP contribution in [-0.4, -0.2) is 24.1 Å². The lowest BCUT2D eigenvalue weighted by atomic mass is 9.69. The number of unbranched alkanes of at least 4 members (excludes halogenated alkanes) is 1. The molecule has 146 valence electrons. The normalized spacial score (nSPS) is 24.9. The van der Waals surface area contributed by atoms with Gasteiger partial charge in [0.25, 0.3) is 0 Å². The van der Waals surface area contributed by atoms with Gasteiger partial charge in [-0.3, -0.25) is 0 Å². The minimum absolute atomic E-state index is 0.0561. The molecule has 1 aliphatic heterocycles. The van der Waals surface area contributed by atoms with Crippen molar-refractivity contribution in [2.75, 3.05) is 12.9 Å². The molecule has 2 nitrogen and oxygen atoms in total. The number of hydrogen-bond acceptors (Lipinski definition) is 3. The van der Waals surface area contributed by atoms with Gasteiger partial charge in [0.15, 0.2) is 0 Å². The number of halogens is 1. The van der Waals surface area contributed by atoms with Crippen LogP contribution in [0.5, 0.6) is 5.75 Å². The predicted molar refractivity (Wildman–Crippen MR) is 118 cm³/mol. The van der Waals surface area contributed by atoms with Crippen LogP contribution in [0.15, 0.2) is 51.8 Å². The van der Waals surface area contributed by atoms with E-state index in [1.807, 2.05) is 23.9 Å². The molecule has 0 aromatic heterocycles. The van der Waals surface area contributed by atoms with Crippen molar-refractivity contribution in [3.8, 4) is 5.75 Å². The Balaban J connectivity index is 2.15. The van der Waals surface area contributed by atoms with E-state index in [-0.39, 0.29) is 11.3 Å². The van der Waals surface area contributed by atoms with Crippen molar-refractivity contribution in [2.24, 2.45) is 5.41 Å². The van der Waals surface area contributed by atoms with E-state index in [1.165, 1.54) is 10.5 Å². The van der Waals surface area contributed by atoms with Gasteiger partial charge in [0.2, 0.25) is 0 Å². The lowest BCUT2D eigenvalue weighted by Gasteiger charge is -2.40. The zero-order valence-corrected chi connectivity index (χ0v) is 18.8. The van der Waals surface area contributed by atoms with Gasteiger partial charge >= 0.3 is 0 Å². The van der Waals surface area contributed by atoms with Gasteiger partial charge in [0, 0.05) is 26.5 Å². The quantitative estimate of drug-likeness (QED) is 0.536. The first-order valence-corrected chi connectivity index (χ1v) is 11.6. The summed E-state index contributed by atoms with van der Waals surface area (Å²) in [6, 6.07) is 14.7. The first-order chi connectivity index (χ1) is 13.0. The van der Waals surface area contributed by atoms with E-state index in [0.29, 0.717) is 0 Å². The number of benzene rings is 2. The highest BCUT2D eigenvalue weighted by Gasteiger charge is 2.44. The molecular weight excluding hydrogens is 420 g/mol. The van der Waals surface area contributed by atoms with Gasteiger partial charge in [-0.1, -0.05) is 54.8 Å². The van der Waals surface area contributed by atoms with Gasteiger partial charge in [0.1, 0.15) is 5.75 Å². The molecule has 27 heavy (non-hydrogen) atoms. The minimum Gasteiger partial charge on any atom is -0.497 e. The Labute approximate surface area is 175 Å². The van der Waals surface area contributed by atoms with E-state index in [2.05, 4.69) is 60.1 Å². The van der Waals surface area contributed by atoms with Crippen molar-refractivity contribution in [2.45, 2.75) is 56.4 Å². The lowest BCUT2D eigenvalue weighted by Crippen LogP contribution is -2.40. The van der Waals surface area contributed by atoms with Gasteiger partial charge in [-0.05, 0) is 54.3 Å². The summed E-state index contributed by atoms with van der Waals surface area (Å²) in [5, 5.41) is 11.8. The molecular formula is C23H29BrO2S. The molecule has 1 heterocycles. The lowest BCUT2D eigenvalue weighted by molar-refractivity contribution is 0.0182. The molecule has 1 unspecified atom stereocenters. The van der Waals surface area contributed by atoms with E-state index < -0.39 is 6.10 Å². The van der Waals surface area contributed by atoms with Crippen LogP contribution >= 0.6 is 27.7 Å². The minimum atomic E-state index is -0.427. The van der Waals surface area contributed by atoms with Crippen LogP contribution in [0.25, 0.3) is 0 Å². The molecule has 0 amide bonds. The zero-order valence-electron chi connectivity index (χ0n) is 16.4. The molecule has 2 aromatic carbocycles. The van der Waals surface area contributed by atoms with Crippen molar-refractivity contribution in [1.29, 1.82) is 0 Å². The Morgan fingerprint density at radius 1 is 1.22 bits per heavy atom. The van der Waals surface area contributed by atoms with Gasteiger partial charge in [-0.25, -0.2) is 0 Å². The molecule has 0 spiro atoms. The molecule has 0 aliphatic carbocycles. The fourth-order valence-corrected chi connectivity index (χ4v) is 6.02. The molecule has 0 fully saturated rings. The second-order valence-corrected chi connectivity index (χ2v) is 9.42. The van der Waals surface area contributed by atoms with E-state index in [4.69, 9.17) is 4.74 Å². The molecule has 3 rings (SSSR count). The molecule has 0 radical (unpaired) electrons. The number of thioether (sulfide) groups is 1. The van der Waals surface area contributed by atoms with Gasteiger partial charge in [-0.15, -0.1) is 11.8 Å². The molecule has 0 saturated heterocycles. The van der Waals surface area contributed by atoms with E-state index in [9.17, 15) is 5.11 Å². The monoisotopic (exact) mass is 448 g/mol. The summed E-state index contributed by atoms with van der Waals surface area (Å²) in [5.41, 5.74) is 2.25. The Morgan fingerprint density at radius 2 is 2.04 bits per heavy atom. The van der Waals surface area contributed by atoms with Crippen molar-refractivity contribution in [3.05, 3.63) is 58.1 Å². The van der Waals surface area contributed by atoms with E-state index in [0.717, 1.165) is 47.2 Å². The largest absolute Gasteiger partial charge is 0.497 e. The molecule has 1 aliphatic rings. The van der Waals surface area contributed by atoms with Crippen molar-refractivity contribution in [3.63, 3.8) is 0 Å². The first kappa shape index (κ1) is 20.8. The summed E-state index contributed by atoms with van der Waals surface area (Å²) in [6.45, 7) is 4.46. The topological polar surface area (TPSA) is 29.5 Å². The summed E-state index contributed by atoms with van der Waals surface area (Å²) < 4.78 is 6.53. The number of aliphatic hydroxyl groups is 1. The predicted octanol–water partition coefficient (Wildman–Crippen LogP) is 6.64. The van der Waals surface area contributed by atoms with Crippen LogP contribution in [-0.2, 0) is 0 Å². The standard InChI is InChI=1S/C23H29BrO2S/c1-4-6-12-23(5-2)15-27-20-11-10-17(24)14-19(20)21(22(23)25)16-8-7-9-18(13-16)26-3/h7-11,13-14,21-22,25H,4-6,12,15H2,1-3H3/t21-,22?,23-/m1/s1. The molecule has 0 bridgehead atoms. The second-order valence-electron chi connectivity index (χ2n) is 7.49. The van der Waals surface area contributed by atoms with E-state index in [1.54, 1.807) is 7.11 Å². The highest BCUT2D eigenvalue weighted by atomic mass is 79.9. The first-order valence-electron chi connectivity index (χ1n) is 9.79. The molecule has 1 N–H and O–H groups in total. The SMILES string of the molecule is CCCC[C@]1(CC)CSc2ccc(Br)cc2[C@@H](c2cccc(OC)c2)C1O. The van der Waals surface area contributed by atoms with Crippen molar-refractivity contribution < 1.29 is 9.84 Å². The summed E-state index contributed by atoms with van der Waals surface area (Å²) in [4.78, 5) is 1.27. The highest BCUT2D eigenvalue weighted by Crippen LogP contribution is 2.51. The summed E-state index contributed by atoms with van der Waals surface area (Å²) in [6.07, 6.45) is 3.92. The molecule has 2 aromatic rings. The summed E-state index contributed by atoms with van der Waals surface area (Å²) in [5.74, 6) is 1.74. The fraction of sp³-hybridized carbons (Fsp3) is 0.478. The average molecular weight is 449 g/mol. The number of fused-ring (bicyclic) bond motifs is 1. The third kappa shape index (κ3) is 4.23. The van der Waals surface area contributed by atoms with Gasteiger partial charge in [0.05, 0.1) is 13.2 Å². The van der Waals surface area contributed by atoms with Crippen LogP contribution in [0.4, 0.5) is 0 Å². The third-order valence-electron chi connectivity index (χ3n) is 5.95. The summed E-state index contributed by atoms with van der Waals surface area (Å²) >= 11 is 5.54. The van der Waals surface area contributed by atoms with Crippen LogP contribution in [0, 0.1) is 5.41 Å². The maximum atomic E-state index is 11.8. The smallest absolute Gasteiger partial charge is 0.119 e. The molecule has 4 heteroatoms. The summed E-state index contributed by atoms with van der Waals surface area (Å²) in [7, 11) is 1.70. The number of methoxy groups -OCH3 is 1. The van der Waals surface area contributed by atoms with Crippen LogP contribution in [0.3, 0.4) is 0 Å². The van der Waals surface area contributed by atoms with Crippen molar-refractivity contribution >= 4 is 27.7 Å². The van der Waals surface area contributed by atoms with Gasteiger partial charge in [-0.2, -0.15) is 0 Å². The Morgan fingerprint density at radius 3 is 2.74 bits per heavy atom.